The summed E-state index contributed by atoms with van der Waals surface area (Å²) in [7, 11) is 0. The molecule has 0 amide bonds. The first-order valence-electron chi connectivity index (χ1n) is 5.29. The molecule has 9 heteroatoms. The summed E-state index contributed by atoms with van der Waals surface area (Å²) in [6, 6.07) is -1.29. The number of carboxylic acid groups (broad SMARTS) is 1. The summed E-state index contributed by atoms with van der Waals surface area (Å²) < 4.78 is 9.89. The van der Waals surface area contributed by atoms with Crippen LogP contribution in [0.15, 0.2) is 0 Å². The van der Waals surface area contributed by atoms with Crippen molar-refractivity contribution in [2.45, 2.75) is 36.7 Å². The molecule has 106 valence electrons. The Bertz CT molecular complexity index is 288. The minimum atomic E-state index is -1.46. The number of rotatable bonds is 6. The monoisotopic (exact) mass is 267 g/mol. The van der Waals surface area contributed by atoms with Crippen LogP contribution < -0.4 is 5.73 Å². The van der Waals surface area contributed by atoms with Gasteiger partial charge in [-0.1, -0.05) is 0 Å². The Morgan fingerprint density at radius 3 is 2.50 bits per heavy atom. The Morgan fingerprint density at radius 1 is 1.39 bits per heavy atom. The maximum atomic E-state index is 10.4. The van der Waals surface area contributed by atoms with Gasteiger partial charge >= 0.3 is 5.97 Å². The number of aliphatic hydroxyl groups is 4. The second kappa shape index (κ2) is 6.38. The average Bonchev–Trinajstić information content (AvgIpc) is 2.62. The van der Waals surface area contributed by atoms with E-state index in [1.54, 1.807) is 0 Å². The van der Waals surface area contributed by atoms with Crippen LogP contribution in [0.4, 0.5) is 0 Å². The summed E-state index contributed by atoms with van der Waals surface area (Å²) in [5, 5.41) is 45.6. The topological polar surface area (TPSA) is 163 Å². The Hall–Kier alpha value is -0.810. The summed E-state index contributed by atoms with van der Waals surface area (Å²) in [4.78, 5) is 10.4. The summed E-state index contributed by atoms with van der Waals surface area (Å²) in [6.07, 6.45) is -6.81. The van der Waals surface area contributed by atoms with Crippen LogP contribution in [0, 0.1) is 0 Å². The Morgan fingerprint density at radius 2 is 2.00 bits per heavy atom. The molecule has 1 aliphatic heterocycles. The van der Waals surface area contributed by atoms with Crippen molar-refractivity contribution in [2.75, 3.05) is 13.2 Å². The molecule has 0 aromatic carbocycles. The van der Waals surface area contributed by atoms with E-state index in [1.165, 1.54) is 0 Å². The molecule has 1 rings (SSSR count). The summed E-state index contributed by atoms with van der Waals surface area (Å²) in [5.41, 5.74) is 5.18. The van der Waals surface area contributed by atoms with Crippen molar-refractivity contribution in [1.82, 2.24) is 0 Å². The minimum Gasteiger partial charge on any atom is -0.480 e. The van der Waals surface area contributed by atoms with E-state index < -0.39 is 55.9 Å². The highest BCUT2D eigenvalue weighted by molar-refractivity contribution is 5.73. The van der Waals surface area contributed by atoms with Gasteiger partial charge in [-0.25, -0.2) is 0 Å². The zero-order valence-corrected chi connectivity index (χ0v) is 9.42. The number of hydrogen-bond donors (Lipinski definition) is 6. The highest BCUT2D eigenvalue weighted by Gasteiger charge is 2.46. The molecular weight excluding hydrogens is 250 g/mol. The van der Waals surface area contributed by atoms with E-state index in [0.717, 1.165) is 0 Å². The second-order valence-electron chi connectivity index (χ2n) is 3.98. The lowest BCUT2D eigenvalue weighted by molar-refractivity contribution is -0.184. The van der Waals surface area contributed by atoms with E-state index >= 15 is 0 Å². The molecule has 0 aromatic rings. The number of ether oxygens (including phenoxy) is 2. The van der Waals surface area contributed by atoms with Crippen molar-refractivity contribution in [3.8, 4) is 0 Å². The van der Waals surface area contributed by atoms with Crippen LogP contribution in [0.25, 0.3) is 0 Å². The number of aliphatic hydroxyl groups excluding tert-OH is 4. The Labute approximate surface area is 102 Å². The fourth-order valence-corrected chi connectivity index (χ4v) is 1.50. The molecule has 0 aliphatic carbocycles. The van der Waals surface area contributed by atoms with Gasteiger partial charge in [0, 0.05) is 0 Å². The van der Waals surface area contributed by atoms with Crippen molar-refractivity contribution >= 4 is 5.97 Å². The van der Waals surface area contributed by atoms with E-state index in [4.69, 9.17) is 25.4 Å². The molecule has 0 radical (unpaired) electrons. The number of nitrogens with two attached hydrogens (primary N) is 1. The first-order chi connectivity index (χ1) is 8.38. The Kier molecular flexibility index (Phi) is 5.41. The molecule has 18 heavy (non-hydrogen) atoms. The van der Waals surface area contributed by atoms with Crippen molar-refractivity contribution in [1.29, 1.82) is 0 Å². The zero-order valence-electron chi connectivity index (χ0n) is 9.42. The second-order valence-corrected chi connectivity index (χ2v) is 3.98. The van der Waals surface area contributed by atoms with E-state index in [0.29, 0.717) is 0 Å². The van der Waals surface area contributed by atoms with E-state index in [2.05, 4.69) is 0 Å². The highest BCUT2D eigenvalue weighted by Crippen LogP contribution is 2.24. The quantitative estimate of drug-likeness (QED) is 0.283. The number of hydrogen-bond acceptors (Lipinski definition) is 8. The molecule has 1 heterocycles. The van der Waals surface area contributed by atoms with Gasteiger partial charge < -0.3 is 40.7 Å². The van der Waals surface area contributed by atoms with Gasteiger partial charge in [0.2, 0.25) is 0 Å². The van der Waals surface area contributed by atoms with E-state index in [-0.39, 0.29) is 0 Å². The van der Waals surface area contributed by atoms with Crippen LogP contribution in [-0.4, -0.2) is 81.5 Å². The van der Waals surface area contributed by atoms with E-state index in [1.807, 2.05) is 0 Å². The first-order valence-corrected chi connectivity index (χ1v) is 5.29. The summed E-state index contributed by atoms with van der Waals surface area (Å²) >= 11 is 0. The zero-order chi connectivity index (χ0) is 13.9. The molecule has 9 nitrogen and oxygen atoms in total. The molecule has 0 bridgehead atoms. The van der Waals surface area contributed by atoms with Gasteiger partial charge in [0.1, 0.15) is 30.5 Å². The Balaban J connectivity index is 2.51. The SMILES string of the molecule is N[C@@H](CO[C@@H]1O[C@@H]([C@H](O)CO)[C@H](O)[C@H]1O)C(=O)O. The molecule has 7 N–H and O–H groups in total. The van der Waals surface area contributed by atoms with Gasteiger partial charge in [0.15, 0.2) is 6.29 Å². The molecular formula is C9H17NO8. The fraction of sp³-hybridized carbons (Fsp3) is 0.889. The van der Waals surface area contributed by atoms with Crippen molar-refractivity contribution < 1.29 is 39.8 Å². The third-order valence-electron chi connectivity index (χ3n) is 2.58. The van der Waals surface area contributed by atoms with Crippen LogP contribution in [0.1, 0.15) is 0 Å². The predicted octanol–water partition coefficient (Wildman–Crippen LogP) is -3.79. The molecule has 0 saturated carbocycles. The van der Waals surface area contributed by atoms with E-state index in [9.17, 15) is 20.1 Å². The van der Waals surface area contributed by atoms with Crippen LogP contribution in [0.3, 0.4) is 0 Å². The predicted molar refractivity (Wildman–Crippen MR) is 55.3 cm³/mol. The van der Waals surface area contributed by atoms with Gasteiger partial charge in [0.05, 0.1) is 13.2 Å². The van der Waals surface area contributed by atoms with Crippen LogP contribution >= 0.6 is 0 Å². The molecule has 1 fully saturated rings. The summed E-state index contributed by atoms with van der Waals surface area (Å²) in [6.45, 7) is -1.08. The normalized spacial score (nSPS) is 35.4. The summed E-state index contributed by atoms with van der Waals surface area (Å²) in [5.74, 6) is -1.28. The molecule has 1 saturated heterocycles. The average molecular weight is 267 g/mol. The molecule has 0 unspecified atom stereocenters. The number of aliphatic carboxylic acids is 1. The third-order valence-corrected chi connectivity index (χ3v) is 2.58. The lowest BCUT2D eigenvalue weighted by Gasteiger charge is -2.18. The van der Waals surface area contributed by atoms with Gasteiger partial charge in [0.25, 0.3) is 0 Å². The van der Waals surface area contributed by atoms with Crippen molar-refractivity contribution in [2.24, 2.45) is 5.73 Å². The first kappa shape index (κ1) is 15.2. The number of carbonyl (C=O) groups is 1. The molecule has 0 aromatic heterocycles. The van der Waals surface area contributed by atoms with Crippen LogP contribution in [-0.2, 0) is 14.3 Å². The van der Waals surface area contributed by atoms with Crippen LogP contribution in [0.5, 0.6) is 0 Å². The van der Waals surface area contributed by atoms with Crippen LogP contribution in [0.2, 0.25) is 0 Å². The van der Waals surface area contributed by atoms with Gasteiger partial charge in [-0.05, 0) is 0 Å². The highest BCUT2D eigenvalue weighted by atomic mass is 16.7. The minimum absolute atomic E-state index is 0.425. The molecule has 6 atom stereocenters. The van der Waals surface area contributed by atoms with Crippen molar-refractivity contribution in [3.63, 3.8) is 0 Å². The maximum Gasteiger partial charge on any atom is 0.322 e. The van der Waals surface area contributed by atoms with Gasteiger partial charge in [-0.15, -0.1) is 0 Å². The van der Waals surface area contributed by atoms with Gasteiger partial charge in [-0.2, -0.15) is 0 Å². The molecule has 1 aliphatic rings. The largest absolute Gasteiger partial charge is 0.480 e. The maximum absolute atomic E-state index is 10.4. The number of carboxylic acids is 1. The van der Waals surface area contributed by atoms with Gasteiger partial charge in [-0.3, -0.25) is 4.79 Å². The third kappa shape index (κ3) is 3.36. The smallest absolute Gasteiger partial charge is 0.322 e. The lowest BCUT2D eigenvalue weighted by Crippen LogP contribution is -2.41. The standard InChI is InChI=1S/C9H17NO8/c10-3(8(15)16)2-17-9-6(14)5(13)7(18-9)4(12)1-11/h3-7,9,11-14H,1-2,10H2,(H,15,16)/t3-,4+,5+,6+,7-,9+/m0/s1. The fourth-order valence-electron chi connectivity index (χ4n) is 1.50. The lowest BCUT2D eigenvalue weighted by atomic mass is 10.1. The molecule has 0 spiro atoms. The van der Waals surface area contributed by atoms with Crippen molar-refractivity contribution in [3.05, 3.63) is 0 Å².